The van der Waals surface area contributed by atoms with Crippen molar-refractivity contribution in [1.82, 2.24) is 9.88 Å². The molecule has 1 aromatic heterocycles. The van der Waals surface area contributed by atoms with E-state index >= 15 is 0 Å². The number of hydrogen-bond acceptors (Lipinski definition) is 4. The van der Waals surface area contributed by atoms with Gasteiger partial charge in [-0.25, -0.2) is 4.98 Å². The van der Waals surface area contributed by atoms with Crippen LogP contribution in [-0.2, 0) is 11.4 Å². The standard InChI is InChI=1S/C13H21N3O2/c1-4-7-16(9-13(18)15(2)3)12-6-5-11(10-17)8-14-12/h5-6,8,17H,4,7,9-10H2,1-3H3. The van der Waals surface area contributed by atoms with Crippen LogP contribution in [0.3, 0.4) is 0 Å². The Kier molecular flexibility index (Phi) is 5.58. The molecule has 5 heteroatoms. The molecular formula is C13H21N3O2. The maximum absolute atomic E-state index is 11.7. The number of carbonyl (C=O) groups is 1. The summed E-state index contributed by atoms with van der Waals surface area (Å²) in [5, 5.41) is 8.97. The van der Waals surface area contributed by atoms with Crippen molar-refractivity contribution in [2.75, 3.05) is 32.1 Å². The minimum Gasteiger partial charge on any atom is -0.392 e. The molecule has 1 heterocycles. The van der Waals surface area contributed by atoms with Crippen molar-refractivity contribution in [2.45, 2.75) is 20.0 Å². The second-order valence-corrected chi connectivity index (χ2v) is 4.39. The molecule has 0 aromatic carbocycles. The molecule has 5 nitrogen and oxygen atoms in total. The molecule has 18 heavy (non-hydrogen) atoms. The normalized spacial score (nSPS) is 10.2. The highest BCUT2D eigenvalue weighted by Crippen LogP contribution is 2.12. The predicted octanol–water partition coefficient (Wildman–Crippen LogP) is 0.878. The first-order valence-electron chi connectivity index (χ1n) is 6.09. The SMILES string of the molecule is CCCN(CC(=O)N(C)C)c1ccc(CO)cn1. The molecule has 0 aliphatic rings. The number of carbonyl (C=O) groups excluding carboxylic acids is 1. The summed E-state index contributed by atoms with van der Waals surface area (Å²) >= 11 is 0. The molecule has 0 radical (unpaired) electrons. The van der Waals surface area contributed by atoms with E-state index in [2.05, 4.69) is 11.9 Å². The van der Waals surface area contributed by atoms with Crippen molar-refractivity contribution in [2.24, 2.45) is 0 Å². The van der Waals surface area contributed by atoms with Crippen molar-refractivity contribution >= 4 is 11.7 Å². The summed E-state index contributed by atoms with van der Waals surface area (Å²) in [5.74, 6) is 0.820. The maximum Gasteiger partial charge on any atom is 0.241 e. The Balaban J connectivity index is 2.79. The molecule has 0 saturated heterocycles. The molecule has 0 spiro atoms. The van der Waals surface area contributed by atoms with Gasteiger partial charge in [0.15, 0.2) is 0 Å². The van der Waals surface area contributed by atoms with Crippen LogP contribution in [-0.4, -0.2) is 48.1 Å². The van der Waals surface area contributed by atoms with Gasteiger partial charge in [-0.05, 0) is 18.1 Å². The number of nitrogens with zero attached hydrogens (tertiary/aromatic N) is 3. The van der Waals surface area contributed by atoms with Gasteiger partial charge in [-0.3, -0.25) is 4.79 Å². The Labute approximate surface area is 108 Å². The number of aliphatic hydroxyl groups is 1. The first-order valence-corrected chi connectivity index (χ1v) is 6.09. The summed E-state index contributed by atoms with van der Waals surface area (Å²) < 4.78 is 0. The van der Waals surface area contributed by atoms with Crippen LogP contribution >= 0.6 is 0 Å². The first kappa shape index (κ1) is 14.4. The van der Waals surface area contributed by atoms with Gasteiger partial charge in [0.2, 0.25) is 5.91 Å². The van der Waals surface area contributed by atoms with Gasteiger partial charge in [0.05, 0.1) is 13.2 Å². The number of anilines is 1. The minimum atomic E-state index is -0.0162. The van der Waals surface area contributed by atoms with Gasteiger partial charge in [-0.15, -0.1) is 0 Å². The van der Waals surface area contributed by atoms with E-state index < -0.39 is 0 Å². The Morgan fingerprint density at radius 3 is 2.56 bits per heavy atom. The lowest BCUT2D eigenvalue weighted by atomic mass is 10.3. The Hall–Kier alpha value is -1.62. The Morgan fingerprint density at radius 2 is 2.11 bits per heavy atom. The van der Waals surface area contributed by atoms with Crippen LogP contribution in [0.25, 0.3) is 0 Å². The number of amides is 1. The number of pyridine rings is 1. The van der Waals surface area contributed by atoms with Crippen molar-refractivity contribution in [3.8, 4) is 0 Å². The molecule has 0 saturated carbocycles. The van der Waals surface area contributed by atoms with E-state index in [1.54, 1.807) is 25.2 Å². The average Bonchev–Trinajstić information content (AvgIpc) is 2.38. The van der Waals surface area contributed by atoms with Crippen LogP contribution in [0.2, 0.25) is 0 Å². The van der Waals surface area contributed by atoms with E-state index in [-0.39, 0.29) is 12.5 Å². The van der Waals surface area contributed by atoms with Crippen LogP contribution in [0.15, 0.2) is 18.3 Å². The van der Waals surface area contributed by atoms with Crippen LogP contribution in [0.5, 0.6) is 0 Å². The lowest BCUT2D eigenvalue weighted by Crippen LogP contribution is -2.37. The first-order chi connectivity index (χ1) is 8.58. The second kappa shape index (κ2) is 6.96. The van der Waals surface area contributed by atoms with E-state index in [0.717, 1.165) is 24.3 Å². The monoisotopic (exact) mass is 251 g/mol. The fraction of sp³-hybridized carbons (Fsp3) is 0.538. The molecule has 0 aliphatic heterocycles. The molecule has 0 atom stereocenters. The van der Waals surface area contributed by atoms with Crippen molar-refractivity contribution in [1.29, 1.82) is 0 Å². The molecule has 100 valence electrons. The molecule has 1 amide bonds. The number of rotatable bonds is 6. The van der Waals surface area contributed by atoms with E-state index in [0.29, 0.717) is 6.54 Å². The van der Waals surface area contributed by atoms with Crippen LogP contribution in [0.4, 0.5) is 5.82 Å². The van der Waals surface area contributed by atoms with E-state index in [1.807, 2.05) is 17.0 Å². The molecule has 1 N–H and O–H groups in total. The van der Waals surface area contributed by atoms with Gasteiger partial charge >= 0.3 is 0 Å². The zero-order valence-electron chi connectivity index (χ0n) is 11.3. The highest BCUT2D eigenvalue weighted by Gasteiger charge is 2.13. The van der Waals surface area contributed by atoms with Crippen molar-refractivity contribution in [3.63, 3.8) is 0 Å². The van der Waals surface area contributed by atoms with E-state index in [4.69, 9.17) is 5.11 Å². The summed E-state index contributed by atoms with van der Waals surface area (Å²) in [6, 6.07) is 3.66. The number of likely N-dealkylation sites (N-methyl/N-ethyl adjacent to an activating group) is 1. The lowest BCUT2D eigenvalue weighted by molar-refractivity contribution is -0.127. The summed E-state index contributed by atoms with van der Waals surface area (Å²) in [7, 11) is 3.49. The lowest BCUT2D eigenvalue weighted by Gasteiger charge is -2.24. The van der Waals surface area contributed by atoms with E-state index in [1.165, 1.54) is 0 Å². The third-order valence-electron chi connectivity index (χ3n) is 2.63. The molecule has 0 aliphatic carbocycles. The summed E-state index contributed by atoms with van der Waals surface area (Å²) in [6.07, 6.45) is 2.59. The van der Waals surface area contributed by atoms with Gasteiger partial charge in [0.1, 0.15) is 5.82 Å². The molecule has 0 bridgehead atoms. The molecular weight excluding hydrogens is 230 g/mol. The van der Waals surface area contributed by atoms with E-state index in [9.17, 15) is 4.79 Å². The van der Waals surface area contributed by atoms with Gasteiger partial charge in [0, 0.05) is 26.8 Å². The van der Waals surface area contributed by atoms with Gasteiger partial charge in [-0.1, -0.05) is 13.0 Å². The topological polar surface area (TPSA) is 56.7 Å². The third kappa shape index (κ3) is 4.00. The summed E-state index contributed by atoms with van der Waals surface area (Å²) in [6.45, 7) is 3.16. The largest absolute Gasteiger partial charge is 0.392 e. The van der Waals surface area contributed by atoms with Crippen molar-refractivity contribution < 1.29 is 9.90 Å². The third-order valence-corrected chi connectivity index (χ3v) is 2.63. The molecule has 0 fully saturated rings. The van der Waals surface area contributed by atoms with Gasteiger partial charge in [0.25, 0.3) is 0 Å². The molecule has 1 rings (SSSR count). The zero-order chi connectivity index (χ0) is 13.5. The maximum atomic E-state index is 11.7. The highest BCUT2D eigenvalue weighted by atomic mass is 16.3. The number of aromatic nitrogens is 1. The molecule has 0 unspecified atom stereocenters. The second-order valence-electron chi connectivity index (χ2n) is 4.39. The number of hydrogen-bond donors (Lipinski definition) is 1. The van der Waals surface area contributed by atoms with Crippen LogP contribution in [0.1, 0.15) is 18.9 Å². The fourth-order valence-corrected chi connectivity index (χ4v) is 1.55. The van der Waals surface area contributed by atoms with Gasteiger partial charge < -0.3 is 14.9 Å². The predicted molar refractivity (Wildman–Crippen MR) is 71.4 cm³/mol. The minimum absolute atomic E-state index is 0.0162. The summed E-state index contributed by atoms with van der Waals surface area (Å²) in [4.78, 5) is 19.5. The molecule has 1 aromatic rings. The summed E-state index contributed by atoms with van der Waals surface area (Å²) in [5.41, 5.74) is 0.772. The van der Waals surface area contributed by atoms with Crippen LogP contribution in [0, 0.1) is 0 Å². The Bertz CT molecular complexity index is 376. The smallest absolute Gasteiger partial charge is 0.241 e. The zero-order valence-corrected chi connectivity index (χ0v) is 11.3. The Morgan fingerprint density at radius 1 is 1.39 bits per heavy atom. The average molecular weight is 251 g/mol. The highest BCUT2D eigenvalue weighted by molar-refractivity contribution is 5.80. The fourth-order valence-electron chi connectivity index (χ4n) is 1.55. The number of aliphatic hydroxyl groups excluding tert-OH is 1. The van der Waals surface area contributed by atoms with Crippen LogP contribution < -0.4 is 4.90 Å². The quantitative estimate of drug-likeness (QED) is 0.815. The van der Waals surface area contributed by atoms with Gasteiger partial charge in [-0.2, -0.15) is 0 Å². The van der Waals surface area contributed by atoms with Crippen molar-refractivity contribution in [3.05, 3.63) is 23.9 Å².